The van der Waals surface area contributed by atoms with E-state index in [9.17, 15) is 4.79 Å². The Hall–Kier alpha value is -2.42. The molecule has 2 aromatic heterocycles. The fraction of sp³-hybridized carbons (Fsp3) is 0.409. The first-order valence-corrected chi connectivity index (χ1v) is 11.8. The van der Waals surface area contributed by atoms with E-state index >= 15 is 0 Å². The van der Waals surface area contributed by atoms with Crippen molar-refractivity contribution < 1.29 is 9.53 Å². The third-order valence-corrected chi connectivity index (χ3v) is 6.85. The molecule has 2 aliphatic rings. The van der Waals surface area contributed by atoms with Crippen molar-refractivity contribution in [3.63, 3.8) is 0 Å². The zero-order valence-electron chi connectivity index (χ0n) is 17.1. The predicted molar refractivity (Wildman–Crippen MR) is 125 cm³/mol. The number of thiophene rings is 1. The molecular weight excluding hydrogens is 434 g/mol. The number of nitrogens with one attached hydrogen (secondary N) is 1. The molecule has 0 aliphatic carbocycles. The average Bonchev–Trinajstić information content (AvgIpc) is 3.34. The zero-order valence-corrected chi connectivity index (χ0v) is 18.7. The first kappa shape index (κ1) is 20.5. The Morgan fingerprint density at radius 1 is 1.16 bits per heavy atom. The van der Waals surface area contributed by atoms with Gasteiger partial charge in [0.1, 0.15) is 5.82 Å². The van der Waals surface area contributed by atoms with Gasteiger partial charge in [-0.1, -0.05) is 6.07 Å². The number of piperidine rings is 1. The van der Waals surface area contributed by atoms with E-state index in [0.29, 0.717) is 6.54 Å². The normalized spacial score (nSPS) is 19.6. The van der Waals surface area contributed by atoms with Crippen LogP contribution in [0.1, 0.15) is 22.5 Å². The number of amides is 1. The fourth-order valence-electron chi connectivity index (χ4n) is 4.28. The Morgan fingerprint density at radius 2 is 2.03 bits per heavy atom. The lowest BCUT2D eigenvalue weighted by Gasteiger charge is -2.34. The van der Waals surface area contributed by atoms with Gasteiger partial charge in [-0.25, -0.2) is 4.98 Å². The summed E-state index contributed by atoms with van der Waals surface area (Å²) in [5.41, 5.74) is 1.96. The molecule has 1 unspecified atom stereocenters. The molecule has 1 amide bonds. The SMILES string of the molecule is O=C(NC1CCCN(c2nc(Cl)nc3cc(N4CCOCC4)ccc23)C1)c1cccs1. The molecule has 1 atom stereocenters. The minimum absolute atomic E-state index is 0.0115. The predicted octanol–water partition coefficient (Wildman–Crippen LogP) is 3.58. The average molecular weight is 458 g/mol. The van der Waals surface area contributed by atoms with E-state index in [1.165, 1.54) is 11.3 Å². The lowest BCUT2D eigenvalue weighted by molar-refractivity contribution is 0.0937. The summed E-state index contributed by atoms with van der Waals surface area (Å²) in [5, 5.41) is 6.31. The Kier molecular flexibility index (Phi) is 5.93. The van der Waals surface area contributed by atoms with Crippen molar-refractivity contribution >= 4 is 51.3 Å². The number of carbonyl (C=O) groups is 1. The highest BCUT2D eigenvalue weighted by atomic mass is 35.5. The van der Waals surface area contributed by atoms with Crippen LogP contribution in [0, 0.1) is 0 Å². The van der Waals surface area contributed by atoms with Crippen molar-refractivity contribution in [1.29, 1.82) is 0 Å². The van der Waals surface area contributed by atoms with E-state index in [4.69, 9.17) is 16.3 Å². The molecule has 0 saturated carbocycles. The Balaban J connectivity index is 1.38. The summed E-state index contributed by atoms with van der Waals surface area (Å²) in [6.07, 6.45) is 1.93. The number of rotatable bonds is 4. The number of hydrogen-bond donors (Lipinski definition) is 1. The lowest BCUT2D eigenvalue weighted by atomic mass is 10.0. The van der Waals surface area contributed by atoms with Gasteiger partial charge in [0.05, 0.1) is 23.6 Å². The van der Waals surface area contributed by atoms with Crippen LogP contribution in [0.4, 0.5) is 11.5 Å². The molecule has 31 heavy (non-hydrogen) atoms. The number of fused-ring (bicyclic) bond motifs is 1. The Bertz CT molecular complexity index is 1070. The summed E-state index contributed by atoms with van der Waals surface area (Å²) < 4.78 is 5.46. The first-order chi connectivity index (χ1) is 15.2. The maximum absolute atomic E-state index is 12.5. The van der Waals surface area contributed by atoms with Crippen molar-refractivity contribution in [2.75, 3.05) is 49.2 Å². The molecule has 3 aromatic rings. The van der Waals surface area contributed by atoms with E-state index in [-0.39, 0.29) is 17.2 Å². The van der Waals surface area contributed by atoms with Gasteiger partial charge in [0.25, 0.3) is 5.91 Å². The maximum atomic E-state index is 12.5. The van der Waals surface area contributed by atoms with Crippen molar-refractivity contribution in [2.24, 2.45) is 0 Å². The van der Waals surface area contributed by atoms with Crippen LogP contribution in [-0.2, 0) is 4.74 Å². The van der Waals surface area contributed by atoms with Crippen molar-refractivity contribution in [1.82, 2.24) is 15.3 Å². The number of hydrogen-bond acceptors (Lipinski definition) is 7. The molecule has 162 valence electrons. The van der Waals surface area contributed by atoms with E-state index in [1.807, 2.05) is 17.5 Å². The molecule has 0 spiro atoms. The number of ether oxygens (including phenoxy) is 1. The molecule has 4 heterocycles. The van der Waals surface area contributed by atoms with Crippen LogP contribution < -0.4 is 15.1 Å². The smallest absolute Gasteiger partial charge is 0.261 e. The van der Waals surface area contributed by atoms with Gasteiger partial charge in [0, 0.05) is 43.3 Å². The number of carbonyl (C=O) groups excluding carboxylic acids is 1. The van der Waals surface area contributed by atoms with E-state index in [1.54, 1.807) is 0 Å². The first-order valence-electron chi connectivity index (χ1n) is 10.6. The van der Waals surface area contributed by atoms with Gasteiger partial charge in [-0.15, -0.1) is 11.3 Å². The molecule has 2 saturated heterocycles. The molecule has 1 aromatic carbocycles. The zero-order chi connectivity index (χ0) is 21.2. The summed E-state index contributed by atoms with van der Waals surface area (Å²) in [5.74, 6) is 0.821. The maximum Gasteiger partial charge on any atom is 0.261 e. The minimum atomic E-state index is -0.0115. The summed E-state index contributed by atoms with van der Waals surface area (Å²) >= 11 is 7.78. The van der Waals surface area contributed by atoms with Gasteiger partial charge in [-0.3, -0.25) is 4.79 Å². The van der Waals surface area contributed by atoms with Crippen molar-refractivity contribution in [3.05, 3.63) is 45.9 Å². The second-order valence-corrected chi connectivity index (χ2v) is 9.14. The molecule has 5 rings (SSSR count). The van der Waals surface area contributed by atoms with Gasteiger partial charge < -0.3 is 19.9 Å². The summed E-state index contributed by atoms with van der Waals surface area (Å²) in [7, 11) is 0. The second kappa shape index (κ2) is 8.98. The number of nitrogens with zero attached hydrogens (tertiary/aromatic N) is 4. The van der Waals surface area contributed by atoms with Crippen molar-refractivity contribution in [2.45, 2.75) is 18.9 Å². The molecule has 1 N–H and O–H groups in total. The quantitative estimate of drug-likeness (QED) is 0.604. The third-order valence-electron chi connectivity index (χ3n) is 5.81. The highest BCUT2D eigenvalue weighted by molar-refractivity contribution is 7.12. The highest BCUT2D eigenvalue weighted by Gasteiger charge is 2.25. The number of benzene rings is 1. The lowest BCUT2D eigenvalue weighted by Crippen LogP contribution is -2.48. The third kappa shape index (κ3) is 4.46. The molecule has 2 fully saturated rings. The minimum Gasteiger partial charge on any atom is -0.378 e. The Morgan fingerprint density at radius 3 is 2.84 bits per heavy atom. The molecule has 0 bridgehead atoms. The van der Waals surface area contributed by atoms with Crippen LogP contribution in [0.2, 0.25) is 5.28 Å². The van der Waals surface area contributed by atoms with Crippen LogP contribution >= 0.6 is 22.9 Å². The van der Waals surface area contributed by atoms with Gasteiger partial charge in [-0.2, -0.15) is 4.98 Å². The highest BCUT2D eigenvalue weighted by Crippen LogP contribution is 2.31. The fourth-order valence-corrected chi connectivity index (χ4v) is 5.08. The van der Waals surface area contributed by atoms with Crippen LogP contribution in [0.3, 0.4) is 0 Å². The number of morpholine rings is 1. The number of halogens is 1. The molecule has 7 nitrogen and oxygen atoms in total. The summed E-state index contributed by atoms with van der Waals surface area (Å²) in [6, 6.07) is 10.1. The number of aromatic nitrogens is 2. The topological polar surface area (TPSA) is 70.6 Å². The van der Waals surface area contributed by atoms with Crippen LogP contribution in [0.25, 0.3) is 10.9 Å². The van der Waals surface area contributed by atoms with Crippen LogP contribution in [0.15, 0.2) is 35.7 Å². The van der Waals surface area contributed by atoms with E-state index < -0.39 is 0 Å². The van der Waals surface area contributed by atoms with Gasteiger partial charge in [0.2, 0.25) is 5.28 Å². The summed E-state index contributed by atoms with van der Waals surface area (Å²) in [4.78, 5) is 26.8. The van der Waals surface area contributed by atoms with Gasteiger partial charge in [-0.05, 0) is 54.1 Å². The van der Waals surface area contributed by atoms with Crippen molar-refractivity contribution in [3.8, 4) is 0 Å². The van der Waals surface area contributed by atoms with Gasteiger partial charge in [0.15, 0.2) is 0 Å². The standard InChI is InChI=1S/C22H24ClN5O2S/c23-22-25-18-13-16(27-8-10-30-11-9-27)5-6-17(18)20(26-22)28-7-1-3-15(14-28)24-21(29)19-4-2-12-31-19/h2,4-6,12-13,15H,1,3,7-11,14H2,(H,24,29). The monoisotopic (exact) mass is 457 g/mol. The van der Waals surface area contributed by atoms with Crippen LogP contribution in [-0.4, -0.2) is 61.3 Å². The van der Waals surface area contributed by atoms with Crippen LogP contribution in [0.5, 0.6) is 0 Å². The summed E-state index contributed by atoms with van der Waals surface area (Å²) in [6.45, 7) is 4.79. The largest absolute Gasteiger partial charge is 0.378 e. The number of anilines is 2. The molecule has 0 radical (unpaired) electrons. The molecule has 9 heteroatoms. The van der Waals surface area contributed by atoms with E-state index in [0.717, 1.165) is 73.0 Å². The van der Waals surface area contributed by atoms with Gasteiger partial charge >= 0.3 is 0 Å². The second-order valence-electron chi connectivity index (χ2n) is 7.85. The molecule has 2 aliphatic heterocycles. The Labute approximate surface area is 190 Å². The molecular formula is C22H24ClN5O2S. The van der Waals surface area contributed by atoms with E-state index in [2.05, 4.69) is 43.3 Å².